The summed E-state index contributed by atoms with van der Waals surface area (Å²) in [6.07, 6.45) is 4.50. The number of benzene rings is 2. The van der Waals surface area contributed by atoms with E-state index in [1.54, 1.807) is 18.2 Å². The van der Waals surface area contributed by atoms with Gasteiger partial charge in [-0.25, -0.2) is 9.36 Å². The summed E-state index contributed by atoms with van der Waals surface area (Å²) in [7, 11) is 0. The Hall–Kier alpha value is -3.16. The first kappa shape index (κ1) is 23.0. The van der Waals surface area contributed by atoms with Gasteiger partial charge in [-0.1, -0.05) is 48.0 Å². The third-order valence-electron chi connectivity index (χ3n) is 6.03. The molecule has 7 nitrogen and oxygen atoms in total. The number of hydrogen-bond donors (Lipinski definition) is 2. The lowest BCUT2D eigenvalue weighted by molar-refractivity contribution is 0.173. The highest BCUT2D eigenvalue weighted by molar-refractivity contribution is 6.30. The van der Waals surface area contributed by atoms with Crippen LogP contribution >= 0.6 is 11.6 Å². The molecule has 1 aliphatic rings. The van der Waals surface area contributed by atoms with Gasteiger partial charge in [-0.3, -0.25) is 19.7 Å². The number of nitrogens with zero attached hydrogens (tertiary/aromatic N) is 3. The second-order valence-electron chi connectivity index (χ2n) is 8.34. The van der Waals surface area contributed by atoms with Crippen LogP contribution in [0.15, 0.2) is 69.2 Å². The number of aromatic hydroxyl groups is 1. The van der Waals surface area contributed by atoms with Gasteiger partial charge in [0.25, 0.3) is 5.56 Å². The molecule has 172 valence electrons. The van der Waals surface area contributed by atoms with E-state index in [2.05, 4.69) is 39.1 Å². The van der Waals surface area contributed by atoms with Crippen LogP contribution in [0.25, 0.3) is 5.69 Å². The second-order valence-corrected chi connectivity index (χ2v) is 8.78. The Labute approximate surface area is 197 Å². The predicted molar refractivity (Wildman–Crippen MR) is 131 cm³/mol. The molecule has 0 radical (unpaired) electrons. The van der Waals surface area contributed by atoms with Crippen molar-refractivity contribution in [1.82, 2.24) is 14.5 Å². The number of rotatable bonds is 7. The molecule has 3 aromatic rings. The third kappa shape index (κ3) is 5.80. The third-order valence-corrected chi connectivity index (χ3v) is 6.27. The van der Waals surface area contributed by atoms with Crippen LogP contribution < -0.4 is 11.2 Å². The van der Waals surface area contributed by atoms with Crippen LogP contribution in [-0.4, -0.2) is 45.4 Å². The molecule has 2 aromatic carbocycles. The van der Waals surface area contributed by atoms with Gasteiger partial charge in [-0.15, -0.1) is 0 Å². The molecule has 0 bridgehead atoms. The number of nitrogens with one attached hydrogen (secondary N) is 1. The number of aromatic amines is 1. The van der Waals surface area contributed by atoms with Gasteiger partial charge < -0.3 is 5.11 Å². The van der Waals surface area contributed by atoms with E-state index in [0.29, 0.717) is 23.2 Å². The maximum Gasteiger partial charge on any atom is 0.335 e. The summed E-state index contributed by atoms with van der Waals surface area (Å²) in [4.78, 5) is 33.6. The van der Waals surface area contributed by atoms with E-state index >= 15 is 0 Å². The normalized spacial score (nSPS) is 15.3. The van der Waals surface area contributed by atoms with E-state index in [9.17, 15) is 14.7 Å². The van der Waals surface area contributed by atoms with E-state index < -0.39 is 17.1 Å². The van der Waals surface area contributed by atoms with Crippen LogP contribution in [0.4, 0.5) is 0 Å². The number of piperidine rings is 1. The minimum absolute atomic E-state index is 0.0488. The number of aromatic nitrogens is 2. The molecule has 33 heavy (non-hydrogen) atoms. The lowest BCUT2D eigenvalue weighted by Gasteiger charge is -2.31. The Morgan fingerprint density at radius 3 is 2.58 bits per heavy atom. The van der Waals surface area contributed by atoms with Crippen LogP contribution in [0, 0.1) is 5.92 Å². The summed E-state index contributed by atoms with van der Waals surface area (Å²) in [6.45, 7) is 3.66. The van der Waals surface area contributed by atoms with E-state index in [4.69, 9.17) is 11.6 Å². The molecule has 1 aromatic heterocycles. The lowest BCUT2D eigenvalue weighted by atomic mass is 9.93. The highest BCUT2D eigenvalue weighted by atomic mass is 35.5. The summed E-state index contributed by atoms with van der Waals surface area (Å²) in [5, 5.41) is 11.0. The number of halogens is 1. The van der Waals surface area contributed by atoms with Gasteiger partial charge in [-0.2, -0.15) is 0 Å². The van der Waals surface area contributed by atoms with Crippen molar-refractivity contribution in [3.05, 3.63) is 91.6 Å². The SMILES string of the molecule is O=c1[nH]c(=O)n(-c2cccc(Cl)c2)c(O)c1C=NCCC1CCN(Cc2ccccc2)CC1. The van der Waals surface area contributed by atoms with Gasteiger partial charge in [0.15, 0.2) is 0 Å². The summed E-state index contributed by atoms with van der Waals surface area (Å²) in [6, 6.07) is 17.0. The minimum atomic E-state index is -0.737. The molecule has 0 spiro atoms. The smallest absolute Gasteiger partial charge is 0.335 e. The summed E-state index contributed by atoms with van der Waals surface area (Å²) in [5.41, 5.74) is 0.239. The summed E-state index contributed by atoms with van der Waals surface area (Å²) in [5.74, 6) is 0.130. The average molecular weight is 467 g/mol. The van der Waals surface area contributed by atoms with Gasteiger partial charge in [0.2, 0.25) is 5.88 Å². The van der Waals surface area contributed by atoms with Crippen molar-refractivity contribution >= 4 is 17.8 Å². The molecule has 0 amide bonds. The zero-order valence-electron chi connectivity index (χ0n) is 18.3. The molecule has 4 rings (SSSR count). The van der Waals surface area contributed by atoms with Crippen molar-refractivity contribution in [3.8, 4) is 11.6 Å². The molecule has 0 atom stereocenters. The fourth-order valence-electron chi connectivity index (χ4n) is 4.20. The summed E-state index contributed by atoms with van der Waals surface area (Å²) >= 11 is 6.00. The summed E-state index contributed by atoms with van der Waals surface area (Å²) < 4.78 is 1.01. The maximum atomic E-state index is 12.3. The molecule has 1 saturated heterocycles. The molecule has 1 aliphatic heterocycles. The Morgan fingerprint density at radius 2 is 1.85 bits per heavy atom. The monoisotopic (exact) mass is 466 g/mol. The quantitative estimate of drug-likeness (QED) is 0.520. The van der Waals surface area contributed by atoms with Gasteiger partial charge >= 0.3 is 5.69 Å². The molecule has 8 heteroatoms. The molecule has 0 unspecified atom stereocenters. The standard InChI is InChI=1S/C25H27ClN4O3/c26-20-7-4-8-21(15-20)30-24(32)22(23(31)28-25(30)33)16-27-12-9-18-10-13-29(14-11-18)17-19-5-2-1-3-6-19/h1-8,15-16,18,32H,9-14,17H2,(H,28,31,33). The zero-order valence-corrected chi connectivity index (χ0v) is 19.0. The van der Waals surface area contributed by atoms with Gasteiger partial charge in [0.1, 0.15) is 5.56 Å². The molecule has 2 N–H and O–H groups in total. The largest absolute Gasteiger partial charge is 0.493 e. The average Bonchev–Trinajstić information content (AvgIpc) is 2.80. The van der Waals surface area contributed by atoms with Crippen molar-refractivity contribution in [1.29, 1.82) is 0 Å². The molecule has 0 aliphatic carbocycles. The first-order valence-corrected chi connectivity index (χ1v) is 11.5. The van der Waals surface area contributed by atoms with Crippen molar-refractivity contribution < 1.29 is 5.11 Å². The minimum Gasteiger partial charge on any atom is -0.493 e. The Morgan fingerprint density at radius 1 is 1.09 bits per heavy atom. The molecular weight excluding hydrogens is 440 g/mol. The van der Waals surface area contributed by atoms with Gasteiger partial charge in [-0.05, 0) is 62.0 Å². The first-order chi connectivity index (χ1) is 16.0. The second kappa shape index (κ2) is 10.6. The van der Waals surface area contributed by atoms with Gasteiger partial charge in [0.05, 0.1) is 5.69 Å². The molecule has 2 heterocycles. The Balaban J connectivity index is 1.35. The highest BCUT2D eigenvalue weighted by Gasteiger charge is 2.19. The number of aliphatic imine (C=N–C) groups is 1. The fraction of sp³-hybridized carbons (Fsp3) is 0.320. The fourth-order valence-corrected chi connectivity index (χ4v) is 4.38. The van der Waals surface area contributed by atoms with Crippen molar-refractivity contribution in [2.75, 3.05) is 19.6 Å². The van der Waals surface area contributed by atoms with Crippen molar-refractivity contribution in [3.63, 3.8) is 0 Å². The highest BCUT2D eigenvalue weighted by Crippen LogP contribution is 2.22. The zero-order chi connectivity index (χ0) is 23.2. The Bertz CT molecular complexity index is 1230. The van der Waals surface area contributed by atoms with Crippen LogP contribution in [0.3, 0.4) is 0 Å². The van der Waals surface area contributed by atoms with E-state index in [0.717, 1.165) is 43.5 Å². The van der Waals surface area contributed by atoms with Gasteiger partial charge in [0, 0.05) is 24.3 Å². The van der Waals surface area contributed by atoms with E-state index in [1.165, 1.54) is 17.8 Å². The number of H-pyrrole nitrogens is 1. The predicted octanol–water partition coefficient (Wildman–Crippen LogP) is 3.61. The number of likely N-dealkylation sites (tertiary alicyclic amines) is 1. The molecule has 0 saturated carbocycles. The number of hydrogen-bond acceptors (Lipinski definition) is 5. The maximum absolute atomic E-state index is 12.3. The Kier molecular flexibility index (Phi) is 7.42. The lowest BCUT2D eigenvalue weighted by Crippen LogP contribution is -2.33. The first-order valence-electron chi connectivity index (χ1n) is 11.1. The van der Waals surface area contributed by atoms with Crippen molar-refractivity contribution in [2.45, 2.75) is 25.8 Å². The van der Waals surface area contributed by atoms with E-state index in [-0.39, 0.29) is 5.56 Å². The molecule has 1 fully saturated rings. The van der Waals surface area contributed by atoms with Crippen LogP contribution in [0.1, 0.15) is 30.4 Å². The molecular formula is C25H27ClN4O3. The van der Waals surface area contributed by atoms with Crippen molar-refractivity contribution in [2.24, 2.45) is 10.9 Å². The van der Waals surface area contributed by atoms with Crippen LogP contribution in [-0.2, 0) is 6.54 Å². The van der Waals surface area contributed by atoms with E-state index in [1.807, 2.05) is 6.07 Å². The van der Waals surface area contributed by atoms with Crippen LogP contribution in [0.5, 0.6) is 5.88 Å². The van der Waals surface area contributed by atoms with Crippen LogP contribution in [0.2, 0.25) is 5.02 Å². The topological polar surface area (TPSA) is 90.7 Å².